The van der Waals surface area contributed by atoms with Crippen molar-refractivity contribution in [2.45, 2.75) is 69.3 Å². The van der Waals surface area contributed by atoms with Gasteiger partial charge in [-0.3, -0.25) is 4.79 Å². The lowest BCUT2D eigenvalue weighted by molar-refractivity contribution is -0.138. The van der Waals surface area contributed by atoms with E-state index in [-0.39, 0.29) is 12.3 Å². The summed E-state index contributed by atoms with van der Waals surface area (Å²) in [5, 5.41) is 9.57. The van der Waals surface area contributed by atoms with Crippen LogP contribution in [-0.2, 0) is 4.79 Å². The van der Waals surface area contributed by atoms with Crippen LogP contribution in [0.25, 0.3) is 0 Å². The topological polar surface area (TPSA) is 37.3 Å². The minimum absolute atomic E-state index is 0.218. The zero-order valence-electron chi connectivity index (χ0n) is 10.9. The summed E-state index contributed by atoms with van der Waals surface area (Å²) in [5.41, 5.74) is 0. The van der Waals surface area contributed by atoms with Crippen molar-refractivity contribution >= 4 is 31.2 Å². The maximum atomic E-state index is 10.8. The fraction of sp³-hybridized carbons (Fsp3) is 0.923. The number of carboxylic acid groups (broad SMARTS) is 1. The SMILES string of the molecule is CCCC(S)CC(CC(=O)O)CC(S)CCC. The van der Waals surface area contributed by atoms with E-state index in [1.54, 1.807) is 0 Å². The molecule has 4 heteroatoms. The van der Waals surface area contributed by atoms with Gasteiger partial charge in [-0.25, -0.2) is 0 Å². The van der Waals surface area contributed by atoms with Gasteiger partial charge >= 0.3 is 5.97 Å². The summed E-state index contributed by atoms with van der Waals surface area (Å²) in [6, 6.07) is 0. The molecule has 102 valence electrons. The molecule has 0 aromatic rings. The van der Waals surface area contributed by atoms with Gasteiger partial charge in [-0.2, -0.15) is 25.3 Å². The van der Waals surface area contributed by atoms with Crippen LogP contribution in [0, 0.1) is 5.92 Å². The second-order valence-corrected chi connectivity index (χ2v) is 6.28. The summed E-state index contributed by atoms with van der Waals surface area (Å²) in [5.74, 6) is -0.486. The molecule has 0 rings (SSSR count). The molecular formula is C13H26O2S2. The lowest BCUT2D eigenvalue weighted by Gasteiger charge is -2.21. The Bertz CT molecular complexity index is 196. The number of thiol groups is 2. The van der Waals surface area contributed by atoms with E-state index in [9.17, 15) is 4.79 Å². The second-order valence-electron chi connectivity index (χ2n) is 4.82. The summed E-state index contributed by atoms with van der Waals surface area (Å²) >= 11 is 9.06. The minimum atomic E-state index is -0.705. The Balaban J connectivity index is 4.17. The number of carbonyl (C=O) groups is 1. The minimum Gasteiger partial charge on any atom is -0.481 e. The molecule has 2 nitrogen and oxygen atoms in total. The third-order valence-corrected chi connectivity index (χ3v) is 3.86. The molecule has 0 fully saturated rings. The fourth-order valence-corrected chi connectivity index (χ4v) is 3.29. The Labute approximate surface area is 116 Å². The molecule has 0 aromatic heterocycles. The average Bonchev–Trinajstić information content (AvgIpc) is 2.16. The molecule has 2 unspecified atom stereocenters. The van der Waals surface area contributed by atoms with Crippen molar-refractivity contribution in [3.8, 4) is 0 Å². The number of carboxylic acids is 1. The lowest BCUT2D eigenvalue weighted by Crippen LogP contribution is -2.17. The van der Waals surface area contributed by atoms with Crippen LogP contribution in [0.4, 0.5) is 0 Å². The highest BCUT2D eigenvalue weighted by atomic mass is 32.1. The summed E-state index contributed by atoms with van der Waals surface area (Å²) in [7, 11) is 0. The third-order valence-electron chi connectivity index (χ3n) is 2.92. The van der Waals surface area contributed by atoms with Crippen molar-refractivity contribution in [3.05, 3.63) is 0 Å². The van der Waals surface area contributed by atoms with Crippen LogP contribution in [0.15, 0.2) is 0 Å². The number of hydrogen-bond acceptors (Lipinski definition) is 3. The quantitative estimate of drug-likeness (QED) is 0.527. The molecule has 0 saturated heterocycles. The van der Waals surface area contributed by atoms with Gasteiger partial charge in [0.05, 0.1) is 0 Å². The van der Waals surface area contributed by atoms with E-state index in [4.69, 9.17) is 5.11 Å². The highest BCUT2D eigenvalue weighted by Crippen LogP contribution is 2.26. The van der Waals surface area contributed by atoms with Gasteiger partial charge in [-0.15, -0.1) is 0 Å². The van der Waals surface area contributed by atoms with Gasteiger partial charge in [-0.05, 0) is 31.6 Å². The molecule has 0 aliphatic heterocycles. The first-order valence-electron chi connectivity index (χ1n) is 6.57. The average molecular weight is 278 g/mol. The monoisotopic (exact) mass is 278 g/mol. The Hall–Kier alpha value is 0.170. The van der Waals surface area contributed by atoms with Crippen LogP contribution in [0.5, 0.6) is 0 Å². The normalized spacial score (nSPS) is 16.5. The molecule has 0 bridgehead atoms. The predicted octanol–water partition coefficient (Wildman–Crippen LogP) is 4.05. The van der Waals surface area contributed by atoms with E-state index in [1.807, 2.05) is 0 Å². The van der Waals surface area contributed by atoms with Gasteiger partial charge in [0.15, 0.2) is 0 Å². The smallest absolute Gasteiger partial charge is 0.303 e. The van der Waals surface area contributed by atoms with Crippen molar-refractivity contribution in [1.82, 2.24) is 0 Å². The Morgan fingerprint density at radius 2 is 1.47 bits per heavy atom. The highest BCUT2D eigenvalue weighted by molar-refractivity contribution is 7.81. The highest BCUT2D eigenvalue weighted by Gasteiger charge is 2.19. The van der Waals surface area contributed by atoms with Crippen LogP contribution in [0.2, 0.25) is 0 Å². The summed E-state index contributed by atoms with van der Waals surface area (Å²) < 4.78 is 0. The van der Waals surface area contributed by atoms with Crippen LogP contribution in [0.3, 0.4) is 0 Å². The largest absolute Gasteiger partial charge is 0.481 e. The molecule has 0 aliphatic rings. The van der Waals surface area contributed by atoms with Gasteiger partial charge in [0.2, 0.25) is 0 Å². The van der Waals surface area contributed by atoms with Gasteiger partial charge in [-0.1, -0.05) is 26.7 Å². The molecule has 2 atom stereocenters. The fourth-order valence-electron chi connectivity index (χ4n) is 2.18. The maximum Gasteiger partial charge on any atom is 0.303 e. The number of hydrogen-bond donors (Lipinski definition) is 3. The van der Waals surface area contributed by atoms with Crippen molar-refractivity contribution in [1.29, 1.82) is 0 Å². The van der Waals surface area contributed by atoms with Gasteiger partial charge in [0.1, 0.15) is 0 Å². The molecule has 0 aliphatic carbocycles. The van der Waals surface area contributed by atoms with Crippen LogP contribution in [0.1, 0.15) is 58.8 Å². The van der Waals surface area contributed by atoms with Crippen LogP contribution < -0.4 is 0 Å². The predicted molar refractivity (Wildman–Crippen MR) is 80.3 cm³/mol. The number of rotatable bonds is 10. The van der Waals surface area contributed by atoms with E-state index in [0.29, 0.717) is 10.5 Å². The maximum absolute atomic E-state index is 10.8. The van der Waals surface area contributed by atoms with E-state index in [1.165, 1.54) is 0 Å². The molecule has 0 spiro atoms. The molecular weight excluding hydrogens is 252 g/mol. The standard InChI is InChI=1S/C13H26O2S2/c1-3-5-11(16)7-10(9-13(14)15)8-12(17)6-4-2/h10-12,16-17H,3-9H2,1-2H3,(H,14,15). The Morgan fingerprint density at radius 3 is 1.76 bits per heavy atom. The van der Waals surface area contributed by atoms with E-state index < -0.39 is 5.97 Å². The Kier molecular flexibility index (Phi) is 10.2. The molecule has 17 heavy (non-hydrogen) atoms. The van der Waals surface area contributed by atoms with Crippen molar-refractivity contribution < 1.29 is 9.90 Å². The molecule has 0 aromatic carbocycles. The molecule has 1 N–H and O–H groups in total. The summed E-state index contributed by atoms with van der Waals surface area (Å²) in [6.07, 6.45) is 6.37. The Morgan fingerprint density at radius 1 is 1.06 bits per heavy atom. The van der Waals surface area contributed by atoms with Gasteiger partial charge < -0.3 is 5.11 Å². The molecule has 0 radical (unpaired) electrons. The zero-order valence-corrected chi connectivity index (χ0v) is 12.7. The first-order valence-corrected chi connectivity index (χ1v) is 7.60. The first-order chi connectivity index (χ1) is 7.99. The van der Waals surface area contributed by atoms with E-state index >= 15 is 0 Å². The van der Waals surface area contributed by atoms with Gasteiger partial charge in [0, 0.05) is 16.9 Å². The van der Waals surface area contributed by atoms with Crippen molar-refractivity contribution in [3.63, 3.8) is 0 Å². The molecule has 0 saturated carbocycles. The van der Waals surface area contributed by atoms with Crippen LogP contribution >= 0.6 is 25.3 Å². The van der Waals surface area contributed by atoms with Crippen molar-refractivity contribution in [2.24, 2.45) is 5.92 Å². The number of aliphatic carboxylic acids is 1. The first kappa shape index (κ1) is 17.2. The zero-order chi connectivity index (χ0) is 13.3. The molecule has 0 amide bonds. The van der Waals surface area contributed by atoms with E-state index in [0.717, 1.165) is 38.5 Å². The third kappa shape index (κ3) is 9.83. The molecule has 0 heterocycles. The second kappa shape index (κ2) is 10.1. The summed E-state index contributed by atoms with van der Waals surface area (Å²) in [6.45, 7) is 4.27. The van der Waals surface area contributed by atoms with Crippen molar-refractivity contribution in [2.75, 3.05) is 0 Å². The van der Waals surface area contributed by atoms with Crippen LogP contribution in [-0.4, -0.2) is 21.6 Å². The van der Waals surface area contributed by atoms with E-state index in [2.05, 4.69) is 39.1 Å². The van der Waals surface area contributed by atoms with Gasteiger partial charge in [0.25, 0.3) is 0 Å². The summed E-state index contributed by atoms with van der Waals surface area (Å²) in [4.78, 5) is 10.8. The lowest BCUT2D eigenvalue weighted by atomic mass is 9.91.